The van der Waals surface area contributed by atoms with Crippen LogP contribution >= 0.6 is 22.6 Å². The number of aromatic amines is 1. The normalized spacial score (nSPS) is 10.6. The Labute approximate surface area is 94.4 Å². The fourth-order valence-corrected chi connectivity index (χ4v) is 1.53. The van der Waals surface area contributed by atoms with Gasteiger partial charge in [0, 0.05) is 0 Å². The summed E-state index contributed by atoms with van der Waals surface area (Å²) in [6.45, 7) is 1.36. The van der Waals surface area contributed by atoms with E-state index in [1.807, 2.05) is 12.1 Å². The van der Waals surface area contributed by atoms with E-state index in [2.05, 4.69) is 43.1 Å². The summed E-state index contributed by atoms with van der Waals surface area (Å²) in [6, 6.07) is 3.89. The maximum Gasteiger partial charge on any atom is 0.164 e. The number of rotatable bonds is 4. The van der Waals surface area contributed by atoms with Gasteiger partial charge in [-0.25, -0.2) is 4.98 Å². The summed E-state index contributed by atoms with van der Waals surface area (Å²) >= 11 is 2.14. The average molecular weight is 304 g/mol. The van der Waals surface area contributed by atoms with Gasteiger partial charge in [0.25, 0.3) is 0 Å². The van der Waals surface area contributed by atoms with Gasteiger partial charge in [0.05, 0.1) is 13.1 Å². The molecule has 5 nitrogen and oxygen atoms in total. The van der Waals surface area contributed by atoms with Gasteiger partial charge in [0.2, 0.25) is 0 Å². The minimum atomic E-state index is 0.664. The topological polar surface area (TPSA) is 66.7 Å². The fraction of sp³-hybridized carbons (Fsp3) is 0.250. The van der Waals surface area contributed by atoms with Crippen molar-refractivity contribution in [2.24, 2.45) is 0 Å². The number of nitrogens with one attached hydrogen (secondary N) is 2. The Kier molecular flexibility index (Phi) is 3.14. The molecule has 0 amide bonds. The van der Waals surface area contributed by atoms with E-state index < -0.39 is 0 Å². The summed E-state index contributed by atoms with van der Waals surface area (Å²) in [5, 5.41) is 9.71. The van der Waals surface area contributed by atoms with Crippen LogP contribution in [0.3, 0.4) is 0 Å². The molecule has 0 aliphatic heterocycles. The molecule has 0 spiro atoms. The Balaban J connectivity index is 1.78. The predicted octanol–water partition coefficient (Wildman–Crippen LogP) is 1.29. The predicted molar refractivity (Wildman–Crippen MR) is 58.4 cm³/mol. The van der Waals surface area contributed by atoms with E-state index in [9.17, 15) is 0 Å². The van der Waals surface area contributed by atoms with Gasteiger partial charge in [-0.05, 0) is 34.7 Å². The molecule has 74 valence electrons. The number of H-pyrrole nitrogens is 1. The largest absolute Gasteiger partial charge is 0.454 e. The molecule has 6 heteroatoms. The Bertz CT molecular complexity index is 384. The Morgan fingerprint density at radius 2 is 2.36 bits per heavy atom. The molecule has 2 rings (SSSR count). The molecule has 2 aromatic rings. The van der Waals surface area contributed by atoms with E-state index in [1.54, 1.807) is 0 Å². The van der Waals surface area contributed by atoms with E-state index >= 15 is 0 Å². The van der Waals surface area contributed by atoms with Crippen LogP contribution in [-0.2, 0) is 13.1 Å². The van der Waals surface area contributed by atoms with E-state index in [4.69, 9.17) is 4.42 Å². The molecular formula is C8H9IN4O. The average Bonchev–Trinajstić information content (AvgIpc) is 2.77. The molecular weight excluding hydrogens is 295 g/mol. The van der Waals surface area contributed by atoms with Crippen molar-refractivity contribution in [3.8, 4) is 0 Å². The van der Waals surface area contributed by atoms with Crippen molar-refractivity contribution in [1.29, 1.82) is 0 Å². The quantitative estimate of drug-likeness (QED) is 0.835. The van der Waals surface area contributed by atoms with Gasteiger partial charge >= 0.3 is 0 Å². The first-order chi connectivity index (χ1) is 6.84. The van der Waals surface area contributed by atoms with Crippen LogP contribution in [0.5, 0.6) is 0 Å². The second-order valence-electron chi connectivity index (χ2n) is 2.74. The van der Waals surface area contributed by atoms with Crippen LogP contribution in [0.25, 0.3) is 0 Å². The molecule has 0 aliphatic rings. The molecule has 14 heavy (non-hydrogen) atoms. The number of hydrogen-bond acceptors (Lipinski definition) is 4. The summed E-state index contributed by atoms with van der Waals surface area (Å²) in [5.41, 5.74) is 0. The van der Waals surface area contributed by atoms with E-state index in [-0.39, 0.29) is 0 Å². The van der Waals surface area contributed by atoms with Gasteiger partial charge < -0.3 is 9.73 Å². The first-order valence-electron chi connectivity index (χ1n) is 4.14. The van der Waals surface area contributed by atoms with Crippen molar-refractivity contribution in [1.82, 2.24) is 20.5 Å². The highest BCUT2D eigenvalue weighted by Gasteiger charge is 1.99. The monoisotopic (exact) mass is 304 g/mol. The van der Waals surface area contributed by atoms with Crippen LogP contribution in [0.2, 0.25) is 0 Å². The maximum absolute atomic E-state index is 5.38. The van der Waals surface area contributed by atoms with Crippen molar-refractivity contribution < 1.29 is 4.42 Å². The zero-order valence-corrected chi connectivity index (χ0v) is 9.48. The van der Waals surface area contributed by atoms with Crippen LogP contribution in [0, 0.1) is 3.77 Å². The molecule has 0 radical (unpaired) electrons. The molecule has 0 saturated heterocycles. The van der Waals surface area contributed by atoms with Crippen molar-refractivity contribution in [3.63, 3.8) is 0 Å². The second kappa shape index (κ2) is 4.56. The standard InChI is InChI=1S/C8H9IN4O/c9-7-2-1-6(14-7)3-10-4-8-11-5-12-13-8/h1-2,5,10H,3-4H2,(H,11,12,13). The van der Waals surface area contributed by atoms with Gasteiger partial charge in [0.1, 0.15) is 17.9 Å². The fourth-order valence-electron chi connectivity index (χ4n) is 1.07. The van der Waals surface area contributed by atoms with Crippen molar-refractivity contribution in [3.05, 3.63) is 33.8 Å². The van der Waals surface area contributed by atoms with Gasteiger partial charge in [-0.2, -0.15) is 5.10 Å². The second-order valence-corrected chi connectivity index (χ2v) is 3.80. The van der Waals surface area contributed by atoms with Crippen LogP contribution in [0.15, 0.2) is 22.9 Å². The lowest BCUT2D eigenvalue weighted by molar-refractivity contribution is 0.461. The summed E-state index contributed by atoms with van der Waals surface area (Å²) in [5.74, 6) is 1.75. The molecule has 0 aromatic carbocycles. The van der Waals surface area contributed by atoms with E-state index in [0.717, 1.165) is 15.4 Å². The van der Waals surface area contributed by atoms with Gasteiger partial charge in [-0.15, -0.1) is 0 Å². The first kappa shape index (κ1) is 9.66. The van der Waals surface area contributed by atoms with Crippen LogP contribution in [-0.4, -0.2) is 15.2 Å². The highest BCUT2D eigenvalue weighted by molar-refractivity contribution is 14.1. The van der Waals surface area contributed by atoms with Gasteiger partial charge in [-0.3, -0.25) is 5.10 Å². The lowest BCUT2D eigenvalue weighted by atomic mass is 10.4. The minimum absolute atomic E-state index is 0.664. The summed E-state index contributed by atoms with van der Waals surface area (Å²) in [7, 11) is 0. The van der Waals surface area contributed by atoms with Crippen LogP contribution < -0.4 is 5.32 Å². The van der Waals surface area contributed by atoms with Crippen molar-refractivity contribution in [2.45, 2.75) is 13.1 Å². The van der Waals surface area contributed by atoms with Gasteiger partial charge in [-0.1, -0.05) is 0 Å². The Morgan fingerprint density at radius 1 is 1.43 bits per heavy atom. The van der Waals surface area contributed by atoms with E-state index in [1.165, 1.54) is 6.33 Å². The summed E-state index contributed by atoms with van der Waals surface area (Å²) in [4.78, 5) is 3.99. The van der Waals surface area contributed by atoms with Crippen LogP contribution in [0.1, 0.15) is 11.6 Å². The summed E-state index contributed by atoms with van der Waals surface area (Å²) in [6.07, 6.45) is 1.49. The Morgan fingerprint density at radius 3 is 3.00 bits per heavy atom. The number of hydrogen-bond donors (Lipinski definition) is 2. The third-order valence-electron chi connectivity index (χ3n) is 1.69. The Hall–Kier alpha value is -0.890. The molecule has 0 aliphatic carbocycles. The summed E-state index contributed by atoms with van der Waals surface area (Å²) < 4.78 is 6.28. The molecule has 2 heterocycles. The molecule has 0 atom stereocenters. The molecule has 0 unspecified atom stereocenters. The molecule has 2 N–H and O–H groups in total. The lowest BCUT2D eigenvalue weighted by Gasteiger charge is -1.98. The number of furan rings is 1. The van der Waals surface area contributed by atoms with Crippen molar-refractivity contribution in [2.75, 3.05) is 0 Å². The lowest BCUT2D eigenvalue weighted by Crippen LogP contribution is -2.13. The molecule has 0 fully saturated rings. The third kappa shape index (κ3) is 2.55. The minimum Gasteiger partial charge on any atom is -0.454 e. The molecule has 2 aromatic heterocycles. The first-order valence-corrected chi connectivity index (χ1v) is 5.21. The smallest absolute Gasteiger partial charge is 0.164 e. The zero-order valence-electron chi connectivity index (χ0n) is 7.33. The van der Waals surface area contributed by atoms with E-state index in [0.29, 0.717) is 13.1 Å². The maximum atomic E-state index is 5.38. The van der Waals surface area contributed by atoms with Gasteiger partial charge in [0.15, 0.2) is 3.77 Å². The van der Waals surface area contributed by atoms with Crippen LogP contribution in [0.4, 0.5) is 0 Å². The highest BCUT2D eigenvalue weighted by atomic mass is 127. The highest BCUT2D eigenvalue weighted by Crippen LogP contribution is 2.09. The molecule has 0 saturated carbocycles. The third-order valence-corrected chi connectivity index (χ3v) is 2.27. The number of aromatic nitrogens is 3. The molecule has 0 bridgehead atoms. The SMILES string of the molecule is Ic1ccc(CNCc2ncn[nH]2)o1. The number of nitrogens with zero attached hydrogens (tertiary/aromatic N) is 2. The zero-order chi connectivity index (χ0) is 9.80. The van der Waals surface area contributed by atoms with Crippen molar-refractivity contribution >= 4 is 22.6 Å². The number of halogens is 1.